The summed E-state index contributed by atoms with van der Waals surface area (Å²) in [5.41, 5.74) is -0.321. The van der Waals surface area contributed by atoms with Gasteiger partial charge in [0.1, 0.15) is 0 Å². The summed E-state index contributed by atoms with van der Waals surface area (Å²) in [6.07, 6.45) is 4.66. The first-order valence-corrected chi connectivity index (χ1v) is 4.24. The molecule has 0 aromatic heterocycles. The van der Waals surface area contributed by atoms with Crippen LogP contribution in [0.5, 0.6) is 0 Å². The highest BCUT2D eigenvalue weighted by Gasteiger charge is 2.43. The van der Waals surface area contributed by atoms with Crippen molar-refractivity contribution in [3.8, 4) is 0 Å². The van der Waals surface area contributed by atoms with Gasteiger partial charge in [-0.25, -0.2) is 0 Å². The molecule has 0 radical (unpaired) electrons. The van der Waals surface area contributed by atoms with Crippen molar-refractivity contribution in [3.05, 3.63) is 0 Å². The van der Waals surface area contributed by atoms with Crippen molar-refractivity contribution in [2.24, 2.45) is 5.92 Å². The molecule has 0 spiro atoms. The van der Waals surface area contributed by atoms with Gasteiger partial charge in [-0.15, -0.1) is 0 Å². The van der Waals surface area contributed by atoms with E-state index < -0.39 is 0 Å². The van der Waals surface area contributed by atoms with E-state index >= 15 is 0 Å². The smallest absolute Gasteiger partial charge is 0.0800 e. The molecule has 0 bridgehead atoms. The van der Waals surface area contributed by atoms with Crippen molar-refractivity contribution < 1.29 is 5.11 Å². The highest BCUT2D eigenvalue weighted by Crippen LogP contribution is 2.42. The van der Waals surface area contributed by atoms with Crippen LogP contribution in [0.3, 0.4) is 0 Å². The SMILES string of the molecule is O[C@]1(C2CC2)CCCNC1. The molecule has 1 saturated carbocycles. The molecule has 0 amide bonds. The van der Waals surface area contributed by atoms with Crippen LogP contribution in [-0.4, -0.2) is 23.8 Å². The number of hydrogen-bond acceptors (Lipinski definition) is 2. The molecule has 0 unspecified atom stereocenters. The Labute approximate surface area is 61.6 Å². The van der Waals surface area contributed by atoms with E-state index in [1.807, 2.05) is 0 Å². The Kier molecular flexibility index (Phi) is 1.46. The lowest BCUT2D eigenvalue weighted by Crippen LogP contribution is -2.47. The zero-order chi connectivity index (χ0) is 7.03. The van der Waals surface area contributed by atoms with Gasteiger partial charge in [0.2, 0.25) is 0 Å². The molecule has 0 aromatic rings. The van der Waals surface area contributed by atoms with Gasteiger partial charge in [-0.1, -0.05) is 0 Å². The number of aliphatic hydroxyl groups is 1. The van der Waals surface area contributed by atoms with E-state index in [2.05, 4.69) is 5.32 Å². The average molecular weight is 141 g/mol. The maximum absolute atomic E-state index is 9.95. The van der Waals surface area contributed by atoms with Crippen LogP contribution in [0.2, 0.25) is 0 Å². The van der Waals surface area contributed by atoms with E-state index in [-0.39, 0.29) is 5.60 Å². The quantitative estimate of drug-likeness (QED) is 0.557. The van der Waals surface area contributed by atoms with Crippen LogP contribution >= 0.6 is 0 Å². The number of rotatable bonds is 1. The number of nitrogens with one attached hydrogen (secondary N) is 1. The minimum absolute atomic E-state index is 0.321. The van der Waals surface area contributed by atoms with E-state index in [1.54, 1.807) is 0 Å². The minimum atomic E-state index is -0.321. The number of hydrogen-bond donors (Lipinski definition) is 2. The molecule has 1 aliphatic carbocycles. The van der Waals surface area contributed by atoms with Gasteiger partial charge >= 0.3 is 0 Å². The van der Waals surface area contributed by atoms with Crippen molar-refractivity contribution >= 4 is 0 Å². The van der Waals surface area contributed by atoms with Crippen LogP contribution in [0, 0.1) is 5.92 Å². The van der Waals surface area contributed by atoms with Gasteiger partial charge < -0.3 is 10.4 Å². The fraction of sp³-hybridized carbons (Fsp3) is 1.00. The molecule has 2 rings (SSSR count). The predicted molar refractivity (Wildman–Crippen MR) is 39.8 cm³/mol. The van der Waals surface area contributed by atoms with E-state index in [0.29, 0.717) is 5.92 Å². The normalized spacial score (nSPS) is 41.7. The topological polar surface area (TPSA) is 32.3 Å². The third-order valence-electron chi connectivity index (χ3n) is 2.73. The second kappa shape index (κ2) is 2.21. The Balaban J connectivity index is 1.97. The highest BCUT2D eigenvalue weighted by molar-refractivity contribution is 4.97. The molecule has 10 heavy (non-hydrogen) atoms. The van der Waals surface area contributed by atoms with E-state index in [9.17, 15) is 5.11 Å². The molecule has 2 fully saturated rings. The summed E-state index contributed by atoms with van der Waals surface area (Å²) in [7, 11) is 0. The largest absolute Gasteiger partial charge is 0.388 e. The van der Waals surface area contributed by atoms with E-state index in [1.165, 1.54) is 12.8 Å². The van der Waals surface area contributed by atoms with Crippen LogP contribution in [0.1, 0.15) is 25.7 Å². The summed E-state index contributed by atoms with van der Waals surface area (Å²) in [6, 6.07) is 0. The molecule has 2 heteroatoms. The molecule has 2 N–H and O–H groups in total. The van der Waals surface area contributed by atoms with Gasteiger partial charge in [0, 0.05) is 6.54 Å². The molecule has 0 aromatic carbocycles. The lowest BCUT2D eigenvalue weighted by atomic mass is 9.89. The Morgan fingerprint density at radius 2 is 2.20 bits per heavy atom. The van der Waals surface area contributed by atoms with Gasteiger partial charge in [-0.05, 0) is 38.1 Å². The highest BCUT2D eigenvalue weighted by atomic mass is 16.3. The summed E-state index contributed by atoms with van der Waals surface area (Å²) >= 11 is 0. The average Bonchev–Trinajstić information content (AvgIpc) is 2.69. The Morgan fingerprint density at radius 3 is 2.70 bits per heavy atom. The van der Waals surface area contributed by atoms with Crippen molar-refractivity contribution in [2.75, 3.05) is 13.1 Å². The third-order valence-corrected chi connectivity index (χ3v) is 2.73. The summed E-state index contributed by atoms with van der Waals surface area (Å²) in [4.78, 5) is 0. The van der Waals surface area contributed by atoms with Crippen LogP contribution in [0.25, 0.3) is 0 Å². The first-order valence-electron chi connectivity index (χ1n) is 4.24. The first kappa shape index (κ1) is 6.62. The molecule has 1 aliphatic heterocycles. The third kappa shape index (κ3) is 1.06. The van der Waals surface area contributed by atoms with Crippen LogP contribution in [-0.2, 0) is 0 Å². The monoisotopic (exact) mass is 141 g/mol. The van der Waals surface area contributed by atoms with E-state index in [0.717, 1.165) is 25.9 Å². The molecular formula is C8H15NO. The van der Waals surface area contributed by atoms with Crippen LogP contribution < -0.4 is 5.32 Å². The minimum Gasteiger partial charge on any atom is -0.388 e. The Bertz CT molecular complexity index is 125. The zero-order valence-electron chi connectivity index (χ0n) is 6.27. The van der Waals surface area contributed by atoms with Crippen molar-refractivity contribution in [3.63, 3.8) is 0 Å². The molecule has 58 valence electrons. The fourth-order valence-corrected chi connectivity index (χ4v) is 1.88. The van der Waals surface area contributed by atoms with Gasteiger partial charge in [0.05, 0.1) is 5.60 Å². The Morgan fingerprint density at radius 1 is 1.40 bits per heavy atom. The lowest BCUT2D eigenvalue weighted by molar-refractivity contribution is -0.00444. The Hall–Kier alpha value is -0.0800. The van der Waals surface area contributed by atoms with Crippen molar-refractivity contribution in [1.82, 2.24) is 5.32 Å². The van der Waals surface area contributed by atoms with Crippen LogP contribution in [0.4, 0.5) is 0 Å². The standard InChI is InChI=1S/C8H15NO/c10-8(7-2-3-7)4-1-5-9-6-8/h7,9-10H,1-6H2/t8-/m1/s1. The van der Waals surface area contributed by atoms with Crippen molar-refractivity contribution in [1.29, 1.82) is 0 Å². The predicted octanol–water partition coefficient (Wildman–Crippen LogP) is 0.511. The molecule has 1 saturated heterocycles. The lowest BCUT2D eigenvalue weighted by Gasteiger charge is -2.32. The molecule has 1 atom stereocenters. The molecule has 2 aliphatic rings. The van der Waals surface area contributed by atoms with Crippen LogP contribution in [0.15, 0.2) is 0 Å². The maximum atomic E-state index is 9.95. The summed E-state index contributed by atoms with van der Waals surface area (Å²) < 4.78 is 0. The first-order chi connectivity index (χ1) is 4.81. The molecular weight excluding hydrogens is 126 g/mol. The zero-order valence-corrected chi connectivity index (χ0v) is 6.27. The van der Waals surface area contributed by atoms with Crippen molar-refractivity contribution in [2.45, 2.75) is 31.3 Å². The summed E-state index contributed by atoms with van der Waals surface area (Å²) in [6.45, 7) is 1.92. The number of β-amino-alcohol motifs (C(OH)–C–C–N with tert-alkyl or cyclic N) is 1. The molecule has 1 heterocycles. The van der Waals surface area contributed by atoms with Gasteiger partial charge in [-0.2, -0.15) is 0 Å². The second-order valence-corrected chi connectivity index (χ2v) is 3.66. The maximum Gasteiger partial charge on any atom is 0.0800 e. The second-order valence-electron chi connectivity index (χ2n) is 3.66. The van der Waals surface area contributed by atoms with Gasteiger partial charge in [-0.3, -0.25) is 0 Å². The van der Waals surface area contributed by atoms with Gasteiger partial charge in [0.25, 0.3) is 0 Å². The molecule has 2 nitrogen and oxygen atoms in total. The van der Waals surface area contributed by atoms with E-state index in [4.69, 9.17) is 0 Å². The van der Waals surface area contributed by atoms with Gasteiger partial charge in [0.15, 0.2) is 0 Å². The summed E-state index contributed by atoms with van der Waals surface area (Å²) in [5.74, 6) is 0.625. The fourth-order valence-electron chi connectivity index (χ4n) is 1.88. The summed E-state index contributed by atoms with van der Waals surface area (Å²) in [5, 5.41) is 13.2. The number of piperidine rings is 1.